The Hall–Kier alpha value is -1.88. The van der Waals surface area contributed by atoms with Gasteiger partial charge in [0, 0.05) is 17.5 Å². The van der Waals surface area contributed by atoms with Crippen molar-refractivity contribution in [2.45, 2.75) is 38.3 Å². The van der Waals surface area contributed by atoms with Crippen molar-refractivity contribution in [2.75, 3.05) is 13.2 Å². The number of benzene rings is 1. The van der Waals surface area contributed by atoms with Crippen molar-refractivity contribution in [3.63, 3.8) is 0 Å². The topological polar surface area (TPSA) is 42.7 Å². The number of ether oxygens (including phenoxy) is 1. The van der Waals surface area contributed by atoms with Gasteiger partial charge in [0.15, 0.2) is 5.76 Å². The molecule has 5 heteroatoms. The number of amides is 1. The average molecular weight is 303 g/mol. The molecule has 0 radical (unpaired) electrons. The van der Waals surface area contributed by atoms with Gasteiger partial charge in [-0.2, -0.15) is 0 Å². The minimum absolute atomic E-state index is 0.102. The number of hydrogen-bond acceptors (Lipinski definition) is 3. The number of aryl methyl sites for hydroxylation is 1. The SMILES string of the molecule is Cc1c(C(=O)N2CCO[C@@H]3CCC[C@@H]32)oc2ccc(F)cc12. The fourth-order valence-corrected chi connectivity index (χ4v) is 3.71. The van der Waals surface area contributed by atoms with Crippen LogP contribution in [0.4, 0.5) is 4.39 Å². The first kappa shape index (κ1) is 13.8. The summed E-state index contributed by atoms with van der Waals surface area (Å²) in [4.78, 5) is 14.8. The molecule has 1 saturated heterocycles. The minimum atomic E-state index is -0.322. The van der Waals surface area contributed by atoms with E-state index in [2.05, 4.69) is 0 Å². The number of halogens is 1. The van der Waals surface area contributed by atoms with Crippen LogP contribution >= 0.6 is 0 Å². The molecule has 22 heavy (non-hydrogen) atoms. The van der Waals surface area contributed by atoms with E-state index in [1.54, 1.807) is 6.07 Å². The third-order valence-electron chi connectivity index (χ3n) is 4.84. The van der Waals surface area contributed by atoms with Crippen LogP contribution in [0.3, 0.4) is 0 Å². The third-order valence-corrected chi connectivity index (χ3v) is 4.84. The summed E-state index contributed by atoms with van der Waals surface area (Å²) < 4.78 is 24.9. The summed E-state index contributed by atoms with van der Waals surface area (Å²) in [5, 5.41) is 0.666. The van der Waals surface area contributed by atoms with Gasteiger partial charge in [-0.1, -0.05) is 0 Å². The average Bonchev–Trinajstić information content (AvgIpc) is 3.11. The van der Waals surface area contributed by atoms with E-state index in [4.69, 9.17) is 9.15 Å². The molecule has 4 rings (SSSR count). The lowest BCUT2D eigenvalue weighted by molar-refractivity contribution is -0.0454. The van der Waals surface area contributed by atoms with Crippen molar-refractivity contribution in [3.8, 4) is 0 Å². The molecule has 1 aliphatic heterocycles. The summed E-state index contributed by atoms with van der Waals surface area (Å²) in [5.41, 5.74) is 1.26. The highest BCUT2D eigenvalue weighted by Crippen LogP contribution is 2.33. The molecule has 116 valence electrons. The monoisotopic (exact) mass is 303 g/mol. The van der Waals surface area contributed by atoms with E-state index in [0.29, 0.717) is 35.4 Å². The highest BCUT2D eigenvalue weighted by atomic mass is 19.1. The van der Waals surface area contributed by atoms with Crippen LogP contribution in [-0.4, -0.2) is 36.1 Å². The second-order valence-electron chi connectivity index (χ2n) is 6.10. The zero-order valence-corrected chi connectivity index (χ0v) is 12.5. The van der Waals surface area contributed by atoms with E-state index < -0.39 is 0 Å². The van der Waals surface area contributed by atoms with Crippen molar-refractivity contribution in [1.29, 1.82) is 0 Å². The molecule has 1 amide bonds. The van der Waals surface area contributed by atoms with Gasteiger partial charge in [0.1, 0.15) is 11.4 Å². The fourth-order valence-electron chi connectivity index (χ4n) is 3.71. The van der Waals surface area contributed by atoms with Crippen molar-refractivity contribution in [1.82, 2.24) is 4.90 Å². The first-order chi connectivity index (χ1) is 10.6. The largest absolute Gasteiger partial charge is 0.451 e. The van der Waals surface area contributed by atoms with Crippen LogP contribution in [0, 0.1) is 12.7 Å². The van der Waals surface area contributed by atoms with Crippen LogP contribution in [0.15, 0.2) is 22.6 Å². The van der Waals surface area contributed by atoms with Gasteiger partial charge < -0.3 is 14.1 Å². The van der Waals surface area contributed by atoms with E-state index in [1.807, 2.05) is 11.8 Å². The van der Waals surface area contributed by atoms with Crippen molar-refractivity contribution >= 4 is 16.9 Å². The number of fused-ring (bicyclic) bond motifs is 2. The van der Waals surface area contributed by atoms with Gasteiger partial charge in [-0.25, -0.2) is 4.39 Å². The quantitative estimate of drug-likeness (QED) is 0.812. The normalized spacial score (nSPS) is 24.7. The maximum atomic E-state index is 13.4. The summed E-state index contributed by atoms with van der Waals surface area (Å²) in [7, 11) is 0. The molecule has 2 atom stereocenters. The molecular weight excluding hydrogens is 285 g/mol. The van der Waals surface area contributed by atoms with Crippen LogP contribution in [0.2, 0.25) is 0 Å². The summed E-state index contributed by atoms with van der Waals surface area (Å²) in [5.74, 6) is -0.0971. The second-order valence-corrected chi connectivity index (χ2v) is 6.10. The van der Waals surface area contributed by atoms with Gasteiger partial charge in [0.2, 0.25) is 0 Å². The van der Waals surface area contributed by atoms with E-state index in [1.165, 1.54) is 12.1 Å². The number of hydrogen-bond donors (Lipinski definition) is 0. The number of nitrogens with zero attached hydrogens (tertiary/aromatic N) is 1. The molecular formula is C17H18FNO3. The highest BCUT2D eigenvalue weighted by Gasteiger charge is 2.40. The van der Waals surface area contributed by atoms with Crippen molar-refractivity contribution in [3.05, 3.63) is 35.3 Å². The lowest BCUT2D eigenvalue weighted by atomic mass is 10.1. The summed E-state index contributed by atoms with van der Waals surface area (Å²) >= 11 is 0. The van der Waals surface area contributed by atoms with Crippen LogP contribution in [0.5, 0.6) is 0 Å². The van der Waals surface area contributed by atoms with Crippen LogP contribution in [0.25, 0.3) is 11.0 Å². The van der Waals surface area contributed by atoms with Crippen LogP contribution < -0.4 is 0 Å². The summed E-state index contributed by atoms with van der Waals surface area (Å²) in [6, 6.07) is 4.49. The molecule has 2 aliphatic rings. The van der Waals surface area contributed by atoms with Crippen LogP contribution in [-0.2, 0) is 4.74 Å². The zero-order valence-electron chi connectivity index (χ0n) is 12.5. The number of furan rings is 1. The van der Waals surface area contributed by atoms with E-state index in [9.17, 15) is 9.18 Å². The first-order valence-electron chi connectivity index (χ1n) is 7.76. The Bertz CT molecular complexity index is 739. The second kappa shape index (κ2) is 5.09. The Morgan fingerprint density at radius 1 is 1.36 bits per heavy atom. The maximum Gasteiger partial charge on any atom is 0.290 e. The molecule has 2 aromatic rings. The Kier molecular flexibility index (Phi) is 3.18. The molecule has 0 spiro atoms. The molecule has 2 heterocycles. The number of morpholine rings is 1. The summed E-state index contributed by atoms with van der Waals surface area (Å²) in [6.45, 7) is 2.97. The highest BCUT2D eigenvalue weighted by molar-refractivity contribution is 5.99. The van der Waals surface area contributed by atoms with Gasteiger partial charge in [-0.15, -0.1) is 0 Å². The molecule has 2 fully saturated rings. The Morgan fingerprint density at radius 3 is 3.09 bits per heavy atom. The predicted octanol–water partition coefficient (Wildman–Crippen LogP) is 3.27. The molecule has 1 aromatic heterocycles. The number of rotatable bonds is 1. The standard InChI is InChI=1S/C17H18FNO3/c1-10-12-9-11(18)5-6-14(12)22-16(10)17(20)19-7-8-21-15-4-2-3-13(15)19/h5-6,9,13,15H,2-4,7-8H2,1H3/t13-,15+/m0/s1. The molecule has 1 saturated carbocycles. The van der Waals surface area contributed by atoms with Crippen molar-refractivity contribution in [2.24, 2.45) is 0 Å². The Morgan fingerprint density at radius 2 is 2.23 bits per heavy atom. The Balaban J connectivity index is 1.72. The lowest BCUT2D eigenvalue weighted by Gasteiger charge is -2.37. The Labute approximate surface area is 127 Å². The van der Waals surface area contributed by atoms with E-state index in [0.717, 1.165) is 19.3 Å². The molecule has 4 nitrogen and oxygen atoms in total. The first-order valence-corrected chi connectivity index (χ1v) is 7.76. The number of carbonyl (C=O) groups is 1. The van der Waals surface area contributed by atoms with Gasteiger partial charge >= 0.3 is 0 Å². The van der Waals surface area contributed by atoms with Gasteiger partial charge in [-0.05, 0) is 44.4 Å². The maximum absolute atomic E-state index is 13.4. The van der Waals surface area contributed by atoms with Crippen molar-refractivity contribution < 1.29 is 18.3 Å². The zero-order chi connectivity index (χ0) is 15.3. The summed E-state index contributed by atoms with van der Waals surface area (Å²) in [6.07, 6.45) is 3.23. The molecule has 1 aromatic carbocycles. The number of carbonyl (C=O) groups excluding carboxylic acids is 1. The third kappa shape index (κ3) is 2.03. The molecule has 0 N–H and O–H groups in total. The van der Waals surface area contributed by atoms with E-state index >= 15 is 0 Å². The molecule has 0 unspecified atom stereocenters. The minimum Gasteiger partial charge on any atom is -0.451 e. The van der Waals surface area contributed by atoms with Gasteiger partial charge in [-0.3, -0.25) is 4.79 Å². The predicted molar refractivity (Wildman–Crippen MR) is 79.3 cm³/mol. The van der Waals surface area contributed by atoms with Crippen LogP contribution in [0.1, 0.15) is 35.4 Å². The fraction of sp³-hybridized carbons (Fsp3) is 0.471. The lowest BCUT2D eigenvalue weighted by Crippen LogP contribution is -2.51. The van der Waals surface area contributed by atoms with E-state index in [-0.39, 0.29) is 23.9 Å². The van der Waals surface area contributed by atoms with Gasteiger partial charge in [0.05, 0.1) is 18.8 Å². The van der Waals surface area contributed by atoms with Gasteiger partial charge in [0.25, 0.3) is 5.91 Å². The smallest absolute Gasteiger partial charge is 0.290 e. The molecule has 1 aliphatic carbocycles. The molecule has 0 bridgehead atoms.